The molecule has 0 fully saturated rings. The fourth-order valence-corrected chi connectivity index (χ4v) is 1.86. The maximum atomic E-state index is 11.8. The van der Waals surface area contributed by atoms with Gasteiger partial charge in [-0.25, -0.2) is 5.43 Å². The van der Waals surface area contributed by atoms with Crippen molar-refractivity contribution in [1.82, 2.24) is 5.43 Å². The van der Waals surface area contributed by atoms with Crippen LogP contribution in [0.25, 0.3) is 0 Å². The number of carbonyl (C=O) groups is 1. The first-order valence-electron chi connectivity index (χ1n) is 6.26. The standard InChI is InChI=1S/C16H16N2O2/c1-11-4-3-5-12(2)15(11)10-17-18-16(20)13-6-8-14(19)9-7-13/h3-10,19H,1-2H3,(H,18,20)/b17-10+. The van der Waals surface area contributed by atoms with Crippen LogP contribution in [0.15, 0.2) is 47.6 Å². The second-order valence-corrected chi connectivity index (χ2v) is 4.55. The zero-order valence-electron chi connectivity index (χ0n) is 11.4. The van der Waals surface area contributed by atoms with E-state index in [0.29, 0.717) is 5.56 Å². The molecule has 4 heteroatoms. The second-order valence-electron chi connectivity index (χ2n) is 4.55. The molecule has 4 nitrogen and oxygen atoms in total. The Labute approximate surface area is 117 Å². The number of hydrazone groups is 1. The molecule has 20 heavy (non-hydrogen) atoms. The second kappa shape index (κ2) is 6.02. The average Bonchev–Trinajstić information content (AvgIpc) is 2.42. The molecule has 0 aliphatic rings. The van der Waals surface area contributed by atoms with E-state index in [-0.39, 0.29) is 11.7 Å². The lowest BCUT2D eigenvalue weighted by molar-refractivity contribution is 0.0955. The number of aromatic hydroxyl groups is 1. The monoisotopic (exact) mass is 268 g/mol. The topological polar surface area (TPSA) is 61.7 Å². The molecule has 0 saturated heterocycles. The molecule has 2 aromatic carbocycles. The smallest absolute Gasteiger partial charge is 0.271 e. The van der Waals surface area contributed by atoms with Crippen LogP contribution in [0.3, 0.4) is 0 Å². The summed E-state index contributed by atoms with van der Waals surface area (Å²) in [7, 11) is 0. The molecule has 0 unspecified atom stereocenters. The summed E-state index contributed by atoms with van der Waals surface area (Å²) in [5, 5.41) is 13.1. The zero-order valence-corrected chi connectivity index (χ0v) is 11.4. The number of nitrogens with zero attached hydrogens (tertiary/aromatic N) is 1. The number of rotatable bonds is 3. The third-order valence-corrected chi connectivity index (χ3v) is 3.03. The molecule has 0 spiro atoms. The first-order chi connectivity index (χ1) is 9.58. The average molecular weight is 268 g/mol. The van der Waals surface area contributed by atoms with Crippen molar-refractivity contribution in [3.63, 3.8) is 0 Å². The van der Waals surface area contributed by atoms with Gasteiger partial charge in [-0.1, -0.05) is 18.2 Å². The van der Waals surface area contributed by atoms with Crippen LogP contribution in [-0.2, 0) is 0 Å². The van der Waals surface area contributed by atoms with E-state index in [1.165, 1.54) is 12.1 Å². The molecule has 0 aromatic heterocycles. The van der Waals surface area contributed by atoms with Crippen molar-refractivity contribution in [2.24, 2.45) is 5.10 Å². The van der Waals surface area contributed by atoms with Crippen LogP contribution < -0.4 is 5.43 Å². The van der Waals surface area contributed by atoms with Crippen LogP contribution in [0.2, 0.25) is 0 Å². The van der Waals surface area contributed by atoms with Crippen LogP contribution in [0.4, 0.5) is 0 Å². The van der Waals surface area contributed by atoms with Crippen molar-refractivity contribution in [3.05, 3.63) is 64.7 Å². The predicted octanol–water partition coefficient (Wildman–Crippen LogP) is 2.77. The van der Waals surface area contributed by atoms with Crippen LogP contribution in [0.5, 0.6) is 5.75 Å². The summed E-state index contributed by atoms with van der Waals surface area (Å²) in [6, 6.07) is 12.0. The highest BCUT2D eigenvalue weighted by molar-refractivity contribution is 5.95. The van der Waals surface area contributed by atoms with Crippen molar-refractivity contribution in [3.8, 4) is 5.75 Å². The van der Waals surface area contributed by atoms with Gasteiger partial charge >= 0.3 is 0 Å². The van der Waals surface area contributed by atoms with E-state index in [1.54, 1.807) is 18.3 Å². The number of hydrogen-bond acceptors (Lipinski definition) is 3. The summed E-state index contributed by atoms with van der Waals surface area (Å²) in [4.78, 5) is 11.8. The maximum absolute atomic E-state index is 11.8. The van der Waals surface area contributed by atoms with Crippen LogP contribution in [-0.4, -0.2) is 17.2 Å². The minimum atomic E-state index is -0.313. The Morgan fingerprint density at radius 2 is 1.70 bits per heavy atom. The minimum Gasteiger partial charge on any atom is -0.508 e. The van der Waals surface area contributed by atoms with Crippen LogP contribution in [0, 0.1) is 13.8 Å². The molecule has 0 atom stereocenters. The fourth-order valence-electron chi connectivity index (χ4n) is 1.86. The van der Waals surface area contributed by atoms with Gasteiger partial charge in [-0.2, -0.15) is 5.10 Å². The Morgan fingerprint density at radius 3 is 2.30 bits per heavy atom. The van der Waals surface area contributed by atoms with E-state index in [1.807, 2.05) is 32.0 Å². The lowest BCUT2D eigenvalue weighted by Crippen LogP contribution is -2.17. The number of phenolic OH excluding ortho intramolecular Hbond substituents is 1. The van der Waals surface area contributed by atoms with E-state index in [9.17, 15) is 4.79 Å². The molecule has 0 aliphatic heterocycles. The van der Waals surface area contributed by atoms with E-state index >= 15 is 0 Å². The van der Waals surface area contributed by atoms with E-state index in [2.05, 4.69) is 10.5 Å². The number of aryl methyl sites for hydroxylation is 2. The highest BCUT2D eigenvalue weighted by atomic mass is 16.3. The lowest BCUT2D eigenvalue weighted by Gasteiger charge is -2.04. The largest absolute Gasteiger partial charge is 0.508 e. The van der Waals surface area contributed by atoms with Gasteiger partial charge in [-0.3, -0.25) is 4.79 Å². The summed E-state index contributed by atoms with van der Waals surface area (Å²) in [5.41, 5.74) is 6.12. The molecular weight excluding hydrogens is 252 g/mol. The molecule has 102 valence electrons. The third kappa shape index (κ3) is 3.23. The Morgan fingerprint density at radius 1 is 1.10 bits per heavy atom. The van der Waals surface area contributed by atoms with Crippen molar-refractivity contribution in [2.75, 3.05) is 0 Å². The third-order valence-electron chi connectivity index (χ3n) is 3.03. The van der Waals surface area contributed by atoms with Crippen molar-refractivity contribution in [2.45, 2.75) is 13.8 Å². The number of carbonyl (C=O) groups excluding carboxylic acids is 1. The van der Waals surface area contributed by atoms with Crippen molar-refractivity contribution >= 4 is 12.1 Å². The molecule has 0 radical (unpaired) electrons. The molecule has 0 heterocycles. The molecule has 2 N–H and O–H groups in total. The Kier molecular flexibility index (Phi) is 4.15. The van der Waals surface area contributed by atoms with Gasteiger partial charge in [0.1, 0.15) is 5.75 Å². The van der Waals surface area contributed by atoms with E-state index in [4.69, 9.17) is 5.11 Å². The maximum Gasteiger partial charge on any atom is 0.271 e. The summed E-state index contributed by atoms with van der Waals surface area (Å²) < 4.78 is 0. The van der Waals surface area contributed by atoms with Gasteiger partial charge in [0.25, 0.3) is 5.91 Å². The molecule has 1 amide bonds. The normalized spacial score (nSPS) is 10.7. The Bertz CT molecular complexity index is 626. The molecular formula is C16H16N2O2. The van der Waals surface area contributed by atoms with Gasteiger partial charge in [-0.05, 0) is 49.2 Å². The van der Waals surface area contributed by atoms with Crippen molar-refractivity contribution in [1.29, 1.82) is 0 Å². The Hall–Kier alpha value is -2.62. The summed E-state index contributed by atoms with van der Waals surface area (Å²) in [5.74, 6) is -0.187. The summed E-state index contributed by atoms with van der Waals surface area (Å²) in [6.07, 6.45) is 1.64. The number of amides is 1. The fraction of sp³-hybridized carbons (Fsp3) is 0.125. The van der Waals surface area contributed by atoms with Gasteiger partial charge in [0.2, 0.25) is 0 Å². The highest BCUT2D eigenvalue weighted by Crippen LogP contribution is 2.11. The van der Waals surface area contributed by atoms with Gasteiger partial charge in [0, 0.05) is 11.1 Å². The van der Waals surface area contributed by atoms with Crippen molar-refractivity contribution < 1.29 is 9.90 Å². The van der Waals surface area contributed by atoms with Gasteiger partial charge in [-0.15, -0.1) is 0 Å². The first kappa shape index (κ1) is 13.8. The van der Waals surface area contributed by atoms with Gasteiger partial charge in [0.15, 0.2) is 0 Å². The van der Waals surface area contributed by atoms with E-state index < -0.39 is 0 Å². The number of nitrogens with one attached hydrogen (secondary N) is 1. The van der Waals surface area contributed by atoms with Gasteiger partial charge < -0.3 is 5.11 Å². The molecule has 0 saturated carbocycles. The summed E-state index contributed by atoms with van der Waals surface area (Å²) >= 11 is 0. The zero-order chi connectivity index (χ0) is 14.5. The van der Waals surface area contributed by atoms with Gasteiger partial charge in [0.05, 0.1) is 6.21 Å². The lowest BCUT2D eigenvalue weighted by atomic mass is 10.0. The van der Waals surface area contributed by atoms with Crippen LogP contribution >= 0.6 is 0 Å². The number of phenols is 1. The van der Waals surface area contributed by atoms with Crippen LogP contribution in [0.1, 0.15) is 27.0 Å². The first-order valence-corrected chi connectivity index (χ1v) is 6.26. The predicted molar refractivity (Wildman–Crippen MR) is 79.1 cm³/mol. The molecule has 2 rings (SSSR count). The Balaban J connectivity index is 2.06. The minimum absolute atomic E-state index is 0.126. The molecule has 2 aromatic rings. The van der Waals surface area contributed by atoms with E-state index in [0.717, 1.165) is 16.7 Å². The quantitative estimate of drug-likeness (QED) is 0.664. The molecule has 0 aliphatic carbocycles. The summed E-state index contributed by atoms with van der Waals surface area (Å²) in [6.45, 7) is 3.99. The number of benzene rings is 2. The highest BCUT2D eigenvalue weighted by Gasteiger charge is 2.04. The number of hydrogen-bond donors (Lipinski definition) is 2. The molecule has 0 bridgehead atoms. The SMILES string of the molecule is Cc1cccc(C)c1/C=N/NC(=O)c1ccc(O)cc1.